The van der Waals surface area contributed by atoms with E-state index in [0.29, 0.717) is 12.0 Å². The number of nitrogens with one attached hydrogen (secondary N) is 2. The average Bonchev–Trinajstić information content (AvgIpc) is 2.87. The molecule has 0 spiro atoms. The zero-order valence-corrected chi connectivity index (χ0v) is 12.8. The molecule has 0 aromatic heterocycles. The SMILES string of the molecule is CCNC(=NCC(C)CN1CCCC1)NC1CC1C. The second-order valence-electron chi connectivity index (χ2n) is 6.30. The summed E-state index contributed by atoms with van der Waals surface area (Å²) in [5.74, 6) is 2.46. The Labute approximate surface area is 118 Å². The van der Waals surface area contributed by atoms with E-state index in [1.165, 1.54) is 38.9 Å². The third-order valence-electron chi connectivity index (χ3n) is 4.11. The third-order valence-corrected chi connectivity index (χ3v) is 4.11. The first kappa shape index (κ1) is 14.6. The standard InChI is InChI=1S/C15H30N4/c1-4-16-15(18-14-9-13(14)3)17-10-12(2)11-19-7-5-6-8-19/h12-14H,4-11H2,1-3H3,(H2,16,17,18). The normalized spacial score (nSPS) is 29.3. The van der Waals surface area contributed by atoms with Crippen LogP contribution in [0.3, 0.4) is 0 Å². The summed E-state index contributed by atoms with van der Waals surface area (Å²) in [6.45, 7) is 12.4. The number of rotatable bonds is 6. The van der Waals surface area contributed by atoms with E-state index in [1.807, 2.05) is 0 Å². The highest BCUT2D eigenvalue weighted by atomic mass is 15.2. The van der Waals surface area contributed by atoms with Crippen molar-refractivity contribution < 1.29 is 0 Å². The monoisotopic (exact) mass is 266 g/mol. The first-order chi connectivity index (χ1) is 9.19. The molecule has 3 unspecified atom stereocenters. The fourth-order valence-corrected chi connectivity index (χ4v) is 2.73. The van der Waals surface area contributed by atoms with Gasteiger partial charge >= 0.3 is 0 Å². The molecule has 1 heterocycles. The van der Waals surface area contributed by atoms with E-state index in [4.69, 9.17) is 4.99 Å². The van der Waals surface area contributed by atoms with Crippen molar-refractivity contribution in [3.63, 3.8) is 0 Å². The van der Waals surface area contributed by atoms with Crippen LogP contribution in [0.15, 0.2) is 4.99 Å². The van der Waals surface area contributed by atoms with Crippen LogP contribution in [0.1, 0.15) is 40.0 Å². The molecule has 0 radical (unpaired) electrons. The molecule has 1 saturated carbocycles. The van der Waals surface area contributed by atoms with Gasteiger partial charge in [0.15, 0.2) is 5.96 Å². The summed E-state index contributed by atoms with van der Waals surface area (Å²) in [5.41, 5.74) is 0. The predicted molar refractivity (Wildman–Crippen MR) is 81.5 cm³/mol. The molecule has 0 amide bonds. The topological polar surface area (TPSA) is 39.7 Å². The van der Waals surface area contributed by atoms with Gasteiger partial charge in [0.05, 0.1) is 0 Å². The molecule has 1 aliphatic carbocycles. The lowest BCUT2D eigenvalue weighted by atomic mass is 10.2. The van der Waals surface area contributed by atoms with Crippen molar-refractivity contribution in [1.29, 1.82) is 0 Å². The molecule has 0 aromatic carbocycles. The summed E-state index contributed by atoms with van der Waals surface area (Å²) < 4.78 is 0. The van der Waals surface area contributed by atoms with Gasteiger partial charge in [-0.1, -0.05) is 13.8 Å². The highest BCUT2D eigenvalue weighted by molar-refractivity contribution is 5.80. The number of likely N-dealkylation sites (tertiary alicyclic amines) is 1. The van der Waals surface area contributed by atoms with E-state index in [2.05, 4.69) is 36.3 Å². The molecule has 4 nitrogen and oxygen atoms in total. The first-order valence-corrected chi connectivity index (χ1v) is 7.96. The van der Waals surface area contributed by atoms with Crippen LogP contribution in [0.2, 0.25) is 0 Å². The van der Waals surface area contributed by atoms with Crippen molar-refractivity contribution in [2.45, 2.75) is 46.1 Å². The zero-order chi connectivity index (χ0) is 13.7. The van der Waals surface area contributed by atoms with Crippen LogP contribution in [-0.2, 0) is 0 Å². The minimum absolute atomic E-state index is 0.644. The highest BCUT2D eigenvalue weighted by Gasteiger charge is 2.33. The first-order valence-electron chi connectivity index (χ1n) is 7.96. The Morgan fingerprint density at radius 2 is 2.05 bits per heavy atom. The predicted octanol–water partition coefficient (Wildman–Crippen LogP) is 1.68. The van der Waals surface area contributed by atoms with Crippen molar-refractivity contribution in [3.05, 3.63) is 0 Å². The van der Waals surface area contributed by atoms with Gasteiger partial charge in [0.2, 0.25) is 0 Å². The molecule has 2 aliphatic rings. The lowest BCUT2D eigenvalue weighted by Crippen LogP contribution is -2.39. The maximum atomic E-state index is 4.74. The van der Waals surface area contributed by atoms with Crippen molar-refractivity contribution in [1.82, 2.24) is 15.5 Å². The molecule has 2 N–H and O–H groups in total. The molecule has 0 bridgehead atoms. The number of hydrogen-bond acceptors (Lipinski definition) is 2. The smallest absolute Gasteiger partial charge is 0.191 e. The Bertz CT molecular complexity index is 297. The zero-order valence-electron chi connectivity index (χ0n) is 12.8. The van der Waals surface area contributed by atoms with Crippen LogP contribution < -0.4 is 10.6 Å². The van der Waals surface area contributed by atoms with Gasteiger partial charge in [0.1, 0.15) is 0 Å². The van der Waals surface area contributed by atoms with Crippen LogP contribution in [0, 0.1) is 11.8 Å². The maximum Gasteiger partial charge on any atom is 0.191 e. The number of hydrogen-bond donors (Lipinski definition) is 2. The van der Waals surface area contributed by atoms with Gasteiger partial charge in [-0.3, -0.25) is 4.99 Å². The summed E-state index contributed by atoms with van der Waals surface area (Å²) >= 11 is 0. The molecule has 0 aromatic rings. The van der Waals surface area contributed by atoms with Crippen molar-refractivity contribution in [3.8, 4) is 0 Å². The molecule has 2 fully saturated rings. The minimum atomic E-state index is 0.644. The van der Waals surface area contributed by atoms with Crippen LogP contribution >= 0.6 is 0 Å². The summed E-state index contributed by atoms with van der Waals surface area (Å²) in [5, 5.41) is 6.86. The Morgan fingerprint density at radius 3 is 2.63 bits per heavy atom. The van der Waals surface area contributed by atoms with E-state index in [0.717, 1.165) is 25.0 Å². The lowest BCUT2D eigenvalue weighted by Gasteiger charge is -2.19. The maximum absolute atomic E-state index is 4.74. The largest absolute Gasteiger partial charge is 0.357 e. The Morgan fingerprint density at radius 1 is 1.37 bits per heavy atom. The second-order valence-corrected chi connectivity index (χ2v) is 6.30. The summed E-state index contributed by atoms with van der Waals surface area (Å²) in [6, 6.07) is 0.645. The van der Waals surface area contributed by atoms with Crippen molar-refractivity contribution >= 4 is 5.96 Å². The molecule has 2 rings (SSSR count). The van der Waals surface area contributed by atoms with Gasteiger partial charge < -0.3 is 15.5 Å². The van der Waals surface area contributed by atoms with E-state index < -0.39 is 0 Å². The Balaban J connectivity index is 1.72. The summed E-state index contributed by atoms with van der Waals surface area (Å²) in [4.78, 5) is 7.31. The van der Waals surface area contributed by atoms with Crippen molar-refractivity contribution in [2.24, 2.45) is 16.8 Å². The van der Waals surface area contributed by atoms with Gasteiger partial charge in [-0.2, -0.15) is 0 Å². The van der Waals surface area contributed by atoms with Crippen LogP contribution in [0.25, 0.3) is 0 Å². The molecule has 19 heavy (non-hydrogen) atoms. The second kappa shape index (κ2) is 7.13. The van der Waals surface area contributed by atoms with Gasteiger partial charge in [0, 0.05) is 25.7 Å². The van der Waals surface area contributed by atoms with Gasteiger partial charge in [0.25, 0.3) is 0 Å². The third kappa shape index (κ3) is 5.01. The molecule has 110 valence electrons. The number of nitrogens with zero attached hydrogens (tertiary/aromatic N) is 2. The Kier molecular flexibility index (Phi) is 5.49. The van der Waals surface area contributed by atoms with Gasteiger partial charge in [-0.25, -0.2) is 0 Å². The van der Waals surface area contributed by atoms with Crippen LogP contribution in [0.5, 0.6) is 0 Å². The molecule has 3 atom stereocenters. The summed E-state index contributed by atoms with van der Waals surface area (Å²) in [7, 11) is 0. The number of aliphatic imine (C=N–C) groups is 1. The molecule has 1 saturated heterocycles. The summed E-state index contributed by atoms with van der Waals surface area (Å²) in [6.07, 6.45) is 4.03. The molecule has 1 aliphatic heterocycles. The molecular weight excluding hydrogens is 236 g/mol. The minimum Gasteiger partial charge on any atom is -0.357 e. The fourth-order valence-electron chi connectivity index (χ4n) is 2.73. The quantitative estimate of drug-likeness (QED) is 0.567. The van der Waals surface area contributed by atoms with Gasteiger partial charge in [-0.05, 0) is 51.1 Å². The van der Waals surface area contributed by atoms with Gasteiger partial charge in [-0.15, -0.1) is 0 Å². The average molecular weight is 266 g/mol. The van der Waals surface area contributed by atoms with Crippen LogP contribution in [0.4, 0.5) is 0 Å². The highest BCUT2D eigenvalue weighted by Crippen LogP contribution is 2.28. The van der Waals surface area contributed by atoms with E-state index in [9.17, 15) is 0 Å². The lowest BCUT2D eigenvalue weighted by molar-refractivity contribution is 0.291. The van der Waals surface area contributed by atoms with E-state index in [-0.39, 0.29) is 0 Å². The molecular formula is C15H30N4. The van der Waals surface area contributed by atoms with E-state index >= 15 is 0 Å². The van der Waals surface area contributed by atoms with Crippen molar-refractivity contribution in [2.75, 3.05) is 32.7 Å². The molecule has 4 heteroatoms. The van der Waals surface area contributed by atoms with Crippen LogP contribution in [-0.4, -0.2) is 49.6 Å². The van der Waals surface area contributed by atoms with E-state index in [1.54, 1.807) is 0 Å². The fraction of sp³-hybridized carbons (Fsp3) is 0.933. The number of guanidine groups is 1. The Hall–Kier alpha value is -0.770.